The number of aromatic hydroxyl groups is 1. The number of benzene rings is 2. The second-order valence-electron chi connectivity index (χ2n) is 4.07. The summed E-state index contributed by atoms with van der Waals surface area (Å²) in [5, 5.41) is 13.0. The van der Waals surface area contributed by atoms with Crippen LogP contribution < -0.4 is 5.32 Å². The van der Waals surface area contributed by atoms with Crippen LogP contribution in [0.25, 0.3) is 0 Å². The van der Waals surface area contributed by atoms with Crippen molar-refractivity contribution in [1.29, 1.82) is 0 Å². The normalized spacial score (nSPS) is 10.3. The molecule has 19 heavy (non-hydrogen) atoms. The fourth-order valence-electron chi connectivity index (χ4n) is 1.61. The summed E-state index contributed by atoms with van der Waals surface area (Å²) in [6.45, 7) is 1.87. The van der Waals surface area contributed by atoms with Gasteiger partial charge in [0.25, 0.3) is 5.91 Å². The minimum Gasteiger partial charge on any atom is -0.507 e. The second-order valence-corrected chi connectivity index (χ2v) is 5.43. The number of carbonyl (C=O) groups is 1. The standard InChI is InChI=1S/C14H11BrClNO2/c1-8-2-4-10(16)7-12(8)17-14(19)11-6-9(15)3-5-13(11)18/h2-7,18H,1H3,(H,17,19). The molecule has 0 unspecified atom stereocenters. The van der Waals surface area contributed by atoms with Crippen LogP contribution in [0.4, 0.5) is 5.69 Å². The van der Waals surface area contributed by atoms with Gasteiger partial charge in [-0.05, 0) is 42.8 Å². The molecule has 0 aliphatic heterocycles. The number of halogens is 2. The smallest absolute Gasteiger partial charge is 0.259 e. The number of aryl methyl sites for hydroxylation is 1. The van der Waals surface area contributed by atoms with Crippen molar-refractivity contribution in [3.8, 4) is 5.75 Å². The van der Waals surface area contributed by atoms with Gasteiger partial charge in [0, 0.05) is 15.2 Å². The van der Waals surface area contributed by atoms with Crippen molar-refractivity contribution in [2.45, 2.75) is 6.92 Å². The van der Waals surface area contributed by atoms with Crippen molar-refractivity contribution in [3.63, 3.8) is 0 Å². The summed E-state index contributed by atoms with van der Waals surface area (Å²) >= 11 is 9.16. The summed E-state index contributed by atoms with van der Waals surface area (Å²) in [6, 6.07) is 9.93. The van der Waals surface area contributed by atoms with E-state index in [4.69, 9.17) is 11.6 Å². The molecule has 0 fully saturated rings. The number of hydrogen-bond acceptors (Lipinski definition) is 2. The van der Waals surface area contributed by atoms with E-state index in [1.54, 1.807) is 24.3 Å². The first kappa shape index (κ1) is 13.9. The zero-order chi connectivity index (χ0) is 14.0. The van der Waals surface area contributed by atoms with Gasteiger partial charge in [-0.25, -0.2) is 0 Å². The van der Waals surface area contributed by atoms with E-state index in [9.17, 15) is 9.90 Å². The number of carbonyl (C=O) groups excluding carboxylic acids is 1. The van der Waals surface area contributed by atoms with Crippen molar-refractivity contribution in [3.05, 3.63) is 57.0 Å². The van der Waals surface area contributed by atoms with Crippen molar-refractivity contribution in [1.82, 2.24) is 0 Å². The van der Waals surface area contributed by atoms with Gasteiger partial charge in [0.15, 0.2) is 0 Å². The van der Waals surface area contributed by atoms with Crippen molar-refractivity contribution in [2.75, 3.05) is 5.32 Å². The molecule has 98 valence electrons. The van der Waals surface area contributed by atoms with Gasteiger partial charge in [0.2, 0.25) is 0 Å². The predicted octanol–water partition coefficient (Wildman–Crippen LogP) is 4.37. The van der Waals surface area contributed by atoms with Crippen LogP contribution in [0.1, 0.15) is 15.9 Å². The van der Waals surface area contributed by atoms with E-state index in [1.807, 2.05) is 13.0 Å². The molecule has 0 aliphatic rings. The van der Waals surface area contributed by atoms with Gasteiger partial charge in [0.1, 0.15) is 5.75 Å². The Labute approximate surface area is 124 Å². The van der Waals surface area contributed by atoms with Gasteiger partial charge in [-0.3, -0.25) is 4.79 Å². The first-order chi connectivity index (χ1) is 8.97. The predicted molar refractivity (Wildman–Crippen MR) is 79.9 cm³/mol. The lowest BCUT2D eigenvalue weighted by Gasteiger charge is -2.10. The minimum atomic E-state index is -0.385. The minimum absolute atomic E-state index is 0.0691. The van der Waals surface area contributed by atoms with Crippen LogP contribution in [0.2, 0.25) is 5.02 Å². The molecule has 5 heteroatoms. The van der Waals surface area contributed by atoms with E-state index in [2.05, 4.69) is 21.2 Å². The molecule has 3 nitrogen and oxygen atoms in total. The fourth-order valence-corrected chi connectivity index (χ4v) is 2.14. The quantitative estimate of drug-likeness (QED) is 0.853. The average molecular weight is 341 g/mol. The van der Waals surface area contributed by atoms with Crippen LogP contribution in [-0.4, -0.2) is 11.0 Å². The highest BCUT2D eigenvalue weighted by Crippen LogP contribution is 2.25. The van der Waals surface area contributed by atoms with Crippen LogP contribution in [-0.2, 0) is 0 Å². The summed E-state index contributed by atoms with van der Waals surface area (Å²) in [5.74, 6) is -0.454. The lowest BCUT2D eigenvalue weighted by Crippen LogP contribution is -2.13. The Bertz CT molecular complexity index is 643. The topological polar surface area (TPSA) is 49.3 Å². The third kappa shape index (κ3) is 3.28. The zero-order valence-electron chi connectivity index (χ0n) is 10.1. The summed E-state index contributed by atoms with van der Waals surface area (Å²) in [7, 11) is 0. The molecular weight excluding hydrogens is 330 g/mol. The monoisotopic (exact) mass is 339 g/mol. The number of nitrogens with one attached hydrogen (secondary N) is 1. The number of phenolic OH excluding ortho intramolecular Hbond substituents is 1. The lowest BCUT2D eigenvalue weighted by molar-refractivity contribution is 0.102. The molecule has 2 aromatic rings. The van der Waals surface area contributed by atoms with Gasteiger partial charge < -0.3 is 10.4 Å². The highest BCUT2D eigenvalue weighted by Gasteiger charge is 2.13. The Morgan fingerprint density at radius 2 is 2.00 bits per heavy atom. The molecule has 0 aromatic heterocycles. The third-order valence-electron chi connectivity index (χ3n) is 2.65. The first-order valence-electron chi connectivity index (χ1n) is 5.53. The molecule has 0 aliphatic carbocycles. The SMILES string of the molecule is Cc1ccc(Cl)cc1NC(=O)c1cc(Br)ccc1O. The van der Waals surface area contributed by atoms with Crippen molar-refractivity contribution >= 4 is 39.1 Å². The molecule has 0 saturated heterocycles. The highest BCUT2D eigenvalue weighted by atomic mass is 79.9. The Hall–Kier alpha value is -1.52. The number of anilines is 1. The van der Waals surface area contributed by atoms with Crippen LogP contribution in [0, 0.1) is 6.92 Å². The van der Waals surface area contributed by atoms with Gasteiger partial charge >= 0.3 is 0 Å². The van der Waals surface area contributed by atoms with Gasteiger partial charge in [-0.15, -0.1) is 0 Å². The molecule has 2 N–H and O–H groups in total. The Balaban J connectivity index is 2.30. The maximum Gasteiger partial charge on any atom is 0.259 e. The maximum atomic E-state index is 12.1. The Kier molecular flexibility index (Phi) is 4.12. The molecule has 0 heterocycles. The van der Waals surface area contributed by atoms with E-state index >= 15 is 0 Å². The van der Waals surface area contributed by atoms with Gasteiger partial charge in [0.05, 0.1) is 5.56 Å². The van der Waals surface area contributed by atoms with Gasteiger partial charge in [-0.2, -0.15) is 0 Å². The summed E-state index contributed by atoms with van der Waals surface area (Å²) in [4.78, 5) is 12.1. The molecule has 2 aromatic carbocycles. The average Bonchev–Trinajstić information content (AvgIpc) is 2.36. The largest absolute Gasteiger partial charge is 0.507 e. The summed E-state index contributed by atoms with van der Waals surface area (Å²) in [6.07, 6.45) is 0. The molecule has 0 bridgehead atoms. The van der Waals surface area contributed by atoms with E-state index in [1.165, 1.54) is 6.07 Å². The molecule has 0 saturated carbocycles. The van der Waals surface area contributed by atoms with Crippen LogP contribution in [0.5, 0.6) is 5.75 Å². The van der Waals surface area contributed by atoms with Crippen LogP contribution in [0.15, 0.2) is 40.9 Å². The molecule has 1 amide bonds. The third-order valence-corrected chi connectivity index (χ3v) is 3.38. The molecule has 2 rings (SSSR count). The number of hydrogen-bond donors (Lipinski definition) is 2. The van der Waals surface area contributed by atoms with E-state index in [-0.39, 0.29) is 17.2 Å². The van der Waals surface area contributed by atoms with E-state index in [0.29, 0.717) is 10.7 Å². The Morgan fingerprint density at radius 3 is 2.74 bits per heavy atom. The molecule has 0 spiro atoms. The second kappa shape index (κ2) is 5.63. The van der Waals surface area contributed by atoms with Gasteiger partial charge in [-0.1, -0.05) is 33.6 Å². The molecule has 0 atom stereocenters. The fraction of sp³-hybridized carbons (Fsp3) is 0.0714. The number of rotatable bonds is 2. The van der Waals surface area contributed by atoms with E-state index < -0.39 is 0 Å². The summed E-state index contributed by atoms with van der Waals surface area (Å²) < 4.78 is 0.721. The molecule has 0 radical (unpaired) electrons. The highest BCUT2D eigenvalue weighted by molar-refractivity contribution is 9.10. The maximum absolute atomic E-state index is 12.1. The van der Waals surface area contributed by atoms with Crippen molar-refractivity contribution < 1.29 is 9.90 Å². The zero-order valence-corrected chi connectivity index (χ0v) is 12.4. The molecular formula is C14H11BrClNO2. The number of phenols is 1. The first-order valence-corrected chi connectivity index (χ1v) is 6.70. The van der Waals surface area contributed by atoms with Crippen LogP contribution in [0.3, 0.4) is 0 Å². The van der Waals surface area contributed by atoms with Crippen molar-refractivity contribution in [2.24, 2.45) is 0 Å². The van der Waals surface area contributed by atoms with E-state index in [0.717, 1.165) is 10.0 Å². The summed E-state index contributed by atoms with van der Waals surface area (Å²) in [5.41, 5.74) is 1.72. The lowest BCUT2D eigenvalue weighted by atomic mass is 10.1. The van der Waals surface area contributed by atoms with Crippen LogP contribution >= 0.6 is 27.5 Å². The Morgan fingerprint density at radius 1 is 1.26 bits per heavy atom. The number of amides is 1.